The molecule has 3 aromatic rings. The van der Waals surface area contributed by atoms with E-state index < -0.39 is 6.04 Å². The first kappa shape index (κ1) is 17.7. The molecule has 0 aliphatic carbocycles. The minimum Gasteiger partial charge on any atom is -0.339 e. The third-order valence-corrected chi connectivity index (χ3v) is 5.42. The third kappa shape index (κ3) is 3.21. The van der Waals surface area contributed by atoms with Gasteiger partial charge in [-0.2, -0.15) is 5.10 Å². The molecule has 0 saturated carbocycles. The maximum absolute atomic E-state index is 12.8. The number of pyridine rings is 1. The zero-order valence-corrected chi connectivity index (χ0v) is 16.5. The first-order valence-corrected chi connectivity index (χ1v) is 9.40. The molecule has 2 amide bonds. The van der Waals surface area contributed by atoms with Gasteiger partial charge in [-0.05, 0) is 30.9 Å². The van der Waals surface area contributed by atoms with Crippen molar-refractivity contribution >= 4 is 44.3 Å². The molecule has 27 heavy (non-hydrogen) atoms. The van der Waals surface area contributed by atoms with Crippen LogP contribution in [0.4, 0.5) is 5.82 Å². The van der Waals surface area contributed by atoms with Gasteiger partial charge in [-0.15, -0.1) is 0 Å². The van der Waals surface area contributed by atoms with Crippen LogP contribution in [0.2, 0.25) is 0 Å². The van der Waals surface area contributed by atoms with Crippen molar-refractivity contribution < 1.29 is 9.59 Å². The van der Waals surface area contributed by atoms with Crippen LogP contribution in [0.15, 0.2) is 41.0 Å². The summed E-state index contributed by atoms with van der Waals surface area (Å²) in [5.41, 5.74) is 1.14. The van der Waals surface area contributed by atoms with E-state index in [2.05, 4.69) is 31.3 Å². The Labute approximate surface area is 164 Å². The number of anilines is 1. The molecule has 0 fully saturated rings. The number of carbonyl (C=O) groups is 2. The monoisotopic (exact) mass is 427 g/mol. The molecule has 1 aliphatic heterocycles. The molecule has 1 N–H and O–H groups in total. The summed E-state index contributed by atoms with van der Waals surface area (Å²) in [7, 11) is 1.70. The molecule has 8 heteroatoms. The number of halogens is 1. The van der Waals surface area contributed by atoms with Gasteiger partial charge in [-0.25, -0.2) is 4.68 Å². The van der Waals surface area contributed by atoms with Crippen molar-refractivity contribution in [1.29, 1.82) is 0 Å². The highest BCUT2D eigenvalue weighted by atomic mass is 79.9. The van der Waals surface area contributed by atoms with Gasteiger partial charge in [0.1, 0.15) is 17.6 Å². The highest BCUT2D eigenvalue weighted by Crippen LogP contribution is 2.24. The first-order valence-electron chi connectivity index (χ1n) is 8.61. The van der Waals surface area contributed by atoms with Crippen LogP contribution in [0.3, 0.4) is 0 Å². The Bertz CT molecular complexity index is 1060. The summed E-state index contributed by atoms with van der Waals surface area (Å²) < 4.78 is 2.69. The van der Waals surface area contributed by atoms with Crippen molar-refractivity contribution in [2.45, 2.75) is 25.9 Å². The minimum atomic E-state index is -0.624. The molecule has 7 nitrogen and oxygen atoms in total. The van der Waals surface area contributed by atoms with Gasteiger partial charge in [0.2, 0.25) is 0 Å². The average molecular weight is 428 g/mol. The fourth-order valence-electron chi connectivity index (χ4n) is 3.31. The Hall–Kier alpha value is -2.74. The van der Waals surface area contributed by atoms with Gasteiger partial charge in [0.25, 0.3) is 11.8 Å². The normalized spacial score (nSPS) is 16.9. The van der Waals surface area contributed by atoms with E-state index in [9.17, 15) is 9.59 Å². The predicted octanol–water partition coefficient (Wildman–Crippen LogP) is 2.67. The smallest absolute Gasteiger partial charge is 0.270 e. The van der Waals surface area contributed by atoms with Crippen LogP contribution in [-0.2, 0) is 11.3 Å². The summed E-state index contributed by atoms with van der Waals surface area (Å²) in [6.45, 7) is 2.45. The lowest BCUT2D eigenvalue weighted by Gasteiger charge is -2.20. The van der Waals surface area contributed by atoms with E-state index in [4.69, 9.17) is 0 Å². The van der Waals surface area contributed by atoms with E-state index in [1.54, 1.807) is 28.9 Å². The van der Waals surface area contributed by atoms with Crippen LogP contribution in [0.5, 0.6) is 0 Å². The number of fused-ring (bicyclic) bond motifs is 2. The number of carbonyl (C=O) groups excluding carboxylic acids is 2. The number of hydrogen-bond acceptors (Lipinski definition) is 4. The number of nitrogens with zero attached hydrogens (tertiary/aromatic N) is 4. The Morgan fingerprint density at radius 2 is 2.15 bits per heavy atom. The van der Waals surface area contributed by atoms with Crippen molar-refractivity contribution in [3.05, 3.63) is 52.4 Å². The Kier molecular flexibility index (Phi) is 4.43. The summed E-state index contributed by atoms with van der Waals surface area (Å²) in [6, 6.07) is 8.73. The van der Waals surface area contributed by atoms with E-state index in [-0.39, 0.29) is 17.5 Å². The predicted molar refractivity (Wildman–Crippen MR) is 106 cm³/mol. The average Bonchev–Trinajstić information content (AvgIpc) is 3.00. The van der Waals surface area contributed by atoms with Crippen LogP contribution in [0.25, 0.3) is 10.8 Å². The lowest BCUT2D eigenvalue weighted by molar-refractivity contribution is -0.120. The second kappa shape index (κ2) is 6.77. The second-order valence-electron chi connectivity index (χ2n) is 6.61. The van der Waals surface area contributed by atoms with Crippen LogP contribution in [-0.4, -0.2) is 39.7 Å². The van der Waals surface area contributed by atoms with E-state index in [1.165, 1.54) is 0 Å². The SMILES string of the molecule is Cc1cc2n(n1)CC[C@H](NC(=O)c1cc3c(Br)cccc3cn1)C(=O)N2C. The van der Waals surface area contributed by atoms with Gasteiger partial charge in [0.15, 0.2) is 0 Å². The minimum absolute atomic E-state index is 0.163. The van der Waals surface area contributed by atoms with E-state index in [1.807, 2.05) is 31.2 Å². The number of amides is 2. The Balaban J connectivity index is 1.57. The molecule has 0 radical (unpaired) electrons. The fourth-order valence-corrected chi connectivity index (χ4v) is 3.81. The molecule has 138 valence electrons. The number of benzene rings is 1. The zero-order chi connectivity index (χ0) is 19.1. The van der Waals surface area contributed by atoms with Crippen LogP contribution in [0.1, 0.15) is 22.6 Å². The number of aromatic nitrogens is 3. The van der Waals surface area contributed by atoms with E-state index in [0.717, 1.165) is 26.8 Å². The maximum atomic E-state index is 12.8. The molecule has 4 rings (SSSR count). The number of likely N-dealkylation sites (N-methyl/N-ethyl adjacent to an activating group) is 1. The van der Waals surface area contributed by atoms with Crippen molar-refractivity contribution in [3.8, 4) is 0 Å². The zero-order valence-electron chi connectivity index (χ0n) is 14.9. The number of hydrogen-bond donors (Lipinski definition) is 1. The summed E-state index contributed by atoms with van der Waals surface area (Å²) >= 11 is 3.49. The first-order chi connectivity index (χ1) is 12.9. The fraction of sp³-hybridized carbons (Fsp3) is 0.263. The molecule has 2 aromatic heterocycles. The van der Waals surface area contributed by atoms with E-state index in [0.29, 0.717) is 13.0 Å². The van der Waals surface area contributed by atoms with Crippen molar-refractivity contribution in [2.24, 2.45) is 0 Å². The van der Waals surface area contributed by atoms with Gasteiger partial charge >= 0.3 is 0 Å². The Morgan fingerprint density at radius 3 is 2.96 bits per heavy atom. The lowest BCUT2D eigenvalue weighted by atomic mass is 10.1. The highest BCUT2D eigenvalue weighted by Gasteiger charge is 2.30. The second-order valence-corrected chi connectivity index (χ2v) is 7.46. The van der Waals surface area contributed by atoms with Gasteiger partial charge < -0.3 is 5.32 Å². The molecule has 0 unspecified atom stereocenters. The van der Waals surface area contributed by atoms with Crippen LogP contribution >= 0.6 is 15.9 Å². The molecular formula is C19H18BrN5O2. The number of rotatable bonds is 2. The number of nitrogens with one attached hydrogen (secondary N) is 1. The van der Waals surface area contributed by atoms with Crippen molar-refractivity contribution in [1.82, 2.24) is 20.1 Å². The highest BCUT2D eigenvalue weighted by molar-refractivity contribution is 9.10. The quantitative estimate of drug-likeness (QED) is 0.681. The lowest BCUT2D eigenvalue weighted by Crippen LogP contribution is -2.46. The van der Waals surface area contributed by atoms with E-state index >= 15 is 0 Å². The summed E-state index contributed by atoms with van der Waals surface area (Å²) in [5.74, 6) is 0.209. The molecule has 0 spiro atoms. The van der Waals surface area contributed by atoms with Gasteiger partial charge in [0.05, 0.1) is 5.69 Å². The van der Waals surface area contributed by atoms with Crippen LogP contribution in [0, 0.1) is 6.92 Å². The van der Waals surface area contributed by atoms with Gasteiger partial charge in [-0.1, -0.05) is 28.1 Å². The summed E-state index contributed by atoms with van der Waals surface area (Å²) in [4.78, 5) is 31.3. The summed E-state index contributed by atoms with van der Waals surface area (Å²) in [6.07, 6.45) is 2.13. The molecule has 1 aliphatic rings. The van der Waals surface area contributed by atoms with Crippen molar-refractivity contribution in [3.63, 3.8) is 0 Å². The largest absolute Gasteiger partial charge is 0.339 e. The molecule has 1 atom stereocenters. The molecule has 3 heterocycles. The molecule has 0 bridgehead atoms. The summed E-state index contributed by atoms with van der Waals surface area (Å²) in [5, 5.41) is 9.07. The topological polar surface area (TPSA) is 80.1 Å². The van der Waals surface area contributed by atoms with Gasteiger partial charge in [0, 0.05) is 35.7 Å². The van der Waals surface area contributed by atoms with Gasteiger partial charge in [-0.3, -0.25) is 19.5 Å². The molecule has 0 saturated heterocycles. The van der Waals surface area contributed by atoms with Crippen LogP contribution < -0.4 is 10.2 Å². The third-order valence-electron chi connectivity index (χ3n) is 4.73. The maximum Gasteiger partial charge on any atom is 0.270 e. The molecular weight excluding hydrogens is 410 g/mol. The number of aryl methyl sites for hydroxylation is 2. The Morgan fingerprint density at radius 1 is 1.33 bits per heavy atom. The standard InChI is InChI=1S/C19H18BrN5O2/c1-11-8-17-24(2)19(27)15(6-7-25(17)23-11)22-18(26)16-9-13-12(10-21-16)4-3-5-14(13)20/h3-5,8-10,15H,6-7H2,1-2H3,(H,22,26)/t15-/m0/s1. The molecule has 1 aromatic carbocycles. The van der Waals surface area contributed by atoms with Crippen molar-refractivity contribution in [2.75, 3.05) is 11.9 Å².